The van der Waals surface area contributed by atoms with Gasteiger partial charge < -0.3 is 0 Å². The van der Waals surface area contributed by atoms with E-state index < -0.39 is 0 Å². The summed E-state index contributed by atoms with van der Waals surface area (Å²) in [6.07, 6.45) is 8.58. The Morgan fingerprint density at radius 2 is 1.37 bits per heavy atom. The fourth-order valence-electron chi connectivity index (χ4n) is 4.21. The summed E-state index contributed by atoms with van der Waals surface area (Å²) >= 11 is 0. The average Bonchev–Trinajstić information content (AvgIpc) is 3.09. The average molecular weight is 386 g/mol. The van der Waals surface area contributed by atoms with Crippen LogP contribution in [0.3, 0.4) is 0 Å². The lowest BCUT2D eigenvalue weighted by Gasteiger charge is -2.09. The van der Waals surface area contributed by atoms with Gasteiger partial charge in [-0.05, 0) is 65.0 Å². The van der Waals surface area contributed by atoms with Crippen molar-refractivity contribution in [2.75, 3.05) is 0 Å². The highest BCUT2D eigenvalue weighted by Gasteiger charge is 2.27. The van der Waals surface area contributed by atoms with Gasteiger partial charge in [-0.3, -0.25) is 4.98 Å². The van der Waals surface area contributed by atoms with Gasteiger partial charge in [-0.2, -0.15) is 0 Å². The predicted octanol–water partition coefficient (Wildman–Crippen LogP) is 7.44. The third-order valence-corrected chi connectivity index (χ3v) is 5.65. The van der Waals surface area contributed by atoms with Crippen molar-refractivity contribution in [3.8, 4) is 11.1 Å². The Morgan fingerprint density at radius 1 is 0.667 bits per heavy atom. The molecule has 0 N–H and O–H groups in total. The van der Waals surface area contributed by atoms with Crippen LogP contribution in [0.15, 0.2) is 85.1 Å². The molecule has 5 rings (SSSR count). The molecule has 0 bridgehead atoms. The second-order valence-corrected chi connectivity index (χ2v) is 7.84. The predicted molar refractivity (Wildman–Crippen MR) is 128 cm³/mol. The summed E-state index contributed by atoms with van der Waals surface area (Å²) in [6.45, 7) is 4.32. The lowest BCUT2D eigenvalue weighted by atomic mass is 9.97. The number of hydrogen-bond acceptors (Lipinski definition) is 1. The Labute approximate surface area is 178 Å². The van der Waals surface area contributed by atoms with Crippen molar-refractivity contribution >= 4 is 23.8 Å². The second-order valence-electron chi connectivity index (χ2n) is 7.84. The molecule has 1 heteroatoms. The molecule has 0 fully saturated rings. The van der Waals surface area contributed by atoms with E-state index in [1.54, 1.807) is 0 Å². The molecule has 0 spiro atoms. The summed E-state index contributed by atoms with van der Waals surface area (Å²) in [5.41, 5.74) is 12.2. The topological polar surface area (TPSA) is 12.9 Å². The lowest BCUT2D eigenvalue weighted by Crippen LogP contribution is -1.93. The van der Waals surface area contributed by atoms with E-state index in [9.17, 15) is 0 Å². The Bertz CT molecular complexity index is 1280. The molecule has 1 aliphatic carbocycles. The number of benzene rings is 3. The molecule has 0 radical (unpaired) electrons. The summed E-state index contributed by atoms with van der Waals surface area (Å²) in [4.78, 5) is 4.83. The molecule has 0 unspecified atom stereocenters. The van der Waals surface area contributed by atoms with Gasteiger partial charge in [0.15, 0.2) is 0 Å². The van der Waals surface area contributed by atoms with Crippen LogP contribution in [-0.4, -0.2) is 4.98 Å². The summed E-state index contributed by atoms with van der Waals surface area (Å²) in [5, 5.41) is 0. The normalized spacial score (nSPS) is 13.6. The molecule has 1 heterocycles. The van der Waals surface area contributed by atoms with Crippen LogP contribution in [0.1, 0.15) is 39.1 Å². The van der Waals surface area contributed by atoms with Gasteiger partial charge in [-0.15, -0.1) is 0 Å². The van der Waals surface area contributed by atoms with Crippen molar-refractivity contribution in [3.05, 3.63) is 124 Å². The van der Waals surface area contributed by atoms with E-state index >= 15 is 0 Å². The molecule has 0 aliphatic heterocycles. The van der Waals surface area contributed by atoms with E-state index in [4.69, 9.17) is 4.98 Å². The highest BCUT2D eigenvalue weighted by Crippen LogP contribution is 2.48. The van der Waals surface area contributed by atoms with E-state index in [0.717, 1.165) is 5.69 Å². The van der Waals surface area contributed by atoms with Crippen LogP contribution in [-0.2, 0) is 0 Å². The smallest absolute Gasteiger partial charge is 0.0714 e. The van der Waals surface area contributed by atoms with Gasteiger partial charge in [0, 0.05) is 11.8 Å². The molecule has 0 amide bonds. The largest absolute Gasteiger partial charge is 0.256 e. The zero-order valence-corrected chi connectivity index (χ0v) is 17.3. The highest BCUT2D eigenvalue weighted by atomic mass is 14.7. The minimum absolute atomic E-state index is 1.01. The van der Waals surface area contributed by atoms with Crippen molar-refractivity contribution in [2.24, 2.45) is 0 Å². The van der Waals surface area contributed by atoms with Crippen LogP contribution >= 0.6 is 0 Å². The molecule has 0 atom stereocenters. The number of hydrogen-bond donors (Lipinski definition) is 0. The molecule has 4 aromatic rings. The van der Waals surface area contributed by atoms with Gasteiger partial charge in [-0.25, -0.2) is 0 Å². The van der Waals surface area contributed by atoms with E-state index in [1.807, 2.05) is 12.3 Å². The molecular formula is C29H23N. The van der Waals surface area contributed by atoms with Crippen molar-refractivity contribution in [1.82, 2.24) is 4.98 Å². The first-order valence-corrected chi connectivity index (χ1v) is 10.3. The van der Waals surface area contributed by atoms with Crippen LogP contribution in [0.4, 0.5) is 0 Å². The second kappa shape index (κ2) is 7.61. The third kappa shape index (κ3) is 3.29. The van der Waals surface area contributed by atoms with Crippen LogP contribution in [0, 0.1) is 13.8 Å². The van der Waals surface area contributed by atoms with Gasteiger partial charge in [0.25, 0.3) is 0 Å². The molecule has 1 aliphatic rings. The Kier molecular flexibility index (Phi) is 4.65. The molecule has 30 heavy (non-hydrogen) atoms. The van der Waals surface area contributed by atoms with E-state index in [1.165, 1.54) is 50.1 Å². The number of nitrogens with zero attached hydrogens (tertiary/aromatic N) is 1. The maximum Gasteiger partial charge on any atom is 0.0714 e. The van der Waals surface area contributed by atoms with E-state index in [-0.39, 0.29) is 0 Å². The minimum Gasteiger partial charge on any atom is -0.256 e. The van der Waals surface area contributed by atoms with Gasteiger partial charge in [0.2, 0.25) is 0 Å². The minimum atomic E-state index is 1.01. The lowest BCUT2D eigenvalue weighted by molar-refractivity contribution is 1.24. The quantitative estimate of drug-likeness (QED) is 0.314. The number of pyridine rings is 1. The van der Waals surface area contributed by atoms with Gasteiger partial charge >= 0.3 is 0 Å². The Hall–Kier alpha value is -3.71. The van der Waals surface area contributed by atoms with Gasteiger partial charge in [0.05, 0.1) is 5.69 Å². The van der Waals surface area contributed by atoms with Crippen molar-refractivity contribution in [3.63, 3.8) is 0 Å². The van der Waals surface area contributed by atoms with Crippen molar-refractivity contribution in [2.45, 2.75) is 13.8 Å². The molecule has 0 saturated carbocycles. The number of fused-ring (bicyclic) bond motifs is 3. The first kappa shape index (κ1) is 18.3. The number of aryl methyl sites for hydroxylation is 2. The van der Waals surface area contributed by atoms with Gasteiger partial charge in [-0.1, -0.05) is 90.5 Å². The zero-order chi connectivity index (χ0) is 20.5. The summed E-state index contributed by atoms with van der Waals surface area (Å²) in [5.74, 6) is 0. The molecule has 0 saturated heterocycles. The van der Waals surface area contributed by atoms with Crippen LogP contribution < -0.4 is 0 Å². The third-order valence-electron chi connectivity index (χ3n) is 5.65. The standard InChI is InChI=1S/C29H23N/c1-20-13-15-24-25(17-20)26(18-23-11-7-4-8-12-23)29-27(30-19-21(2)28(24)29)16-14-22-9-5-3-6-10-22/h3-19H,1-2H3/b16-14+,26-18+. The van der Waals surface area contributed by atoms with Gasteiger partial charge in [0.1, 0.15) is 0 Å². The van der Waals surface area contributed by atoms with E-state index in [2.05, 4.69) is 105 Å². The molecule has 1 aromatic heterocycles. The fraction of sp³-hybridized carbons (Fsp3) is 0.0690. The fourth-order valence-corrected chi connectivity index (χ4v) is 4.21. The molecule has 3 aromatic carbocycles. The summed E-state index contributed by atoms with van der Waals surface area (Å²) in [6, 6.07) is 27.7. The SMILES string of the molecule is Cc1ccc2c(c1)/C(=C\c1ccccc1)c1c(/C=C/c3ccccc3)ncc(C)c1-2. The van der Waals surface area contributed by atoms with Crippen LogP contribution in [0.5, 0.6) is 0 Å². The number of aromatic nitrogens is 1. The monoisotopic (exact) mass is 385 g/mol. The van der Waals surface area contributed by atoms with Crippen molar-refractivity contribution < 1.29 is 0 Å². The Morgan fingerprint density at radius 3 is 2.10 bits per heavy atom. The Balaban J connectivity index is 1.74. The highest BCUT2D eigenvalue weighted by molar-refractivity contribution is 6.09. The van der Waals surface area contributed by atoms with Crippen LogP contribution in [0.2, 0.25) is 0 Å². The van der Waals surface area contributed by atoms with Crippen LogP contribution in [0.25, 0.3) is 34.9 Å². The molecule has 144 valence electrons. The zero-order valence-electron chi connectivity index (χ0n) is 17.3. The maximum atomic E-state index is 4.83. The summed E-state index contributed by atoms with van der Waals surface area (Å²) < 4.78 is 0. The number of rotatable bonds is 3. The summed E-state index contributed by atoms with van der Waals surface area (Å²) in [7, 11) is 0. The molecular weight excluding hydrogens is 362 g/mol. The molecule has 1 nitrogen and oxygen atoms in total. The first-order valence-electron chi connectivity index (χ1n) is 10.3. The first-order chi connectivity index (χ1) is 14.7. The van der Waals surface area contributed by atoms with Crippen molar-refractivity contribution in [1.29, 1.82) is 0 Å². The van der Waals surface area contributed by atoms with E-state index in [0.29, 0.717) is 0 Å². The maximum absolute atomic E-state index is 4.83.